The van der Waals surface area contributed by atoms with Gasteiger partial charge in [-0.1, -0.05) is 0 Å². The van der Waals surface area contributed by atoms with E-state index in [4.69, 9.17) is 5.73 Å². The molecule has 1 aliphatic rings. The first kappa shape index (κ1) is 13.7. The molecule has 0 unspecified atom stereocenters. The summed E-state index contributed by atoms with van der Waals surface area (Å²) in [6.45, 7) is 0. The Balaban J connectivity index is 1.99. The van der Waals surface area contributed by atoms with Gasteiger partial charge >= 0.3 is 0 Å². The van der Waals surface area contributed by atoms with Gasteiger partial charge in [-0.25, -0.2) is 4.39 Å². The highest BCUT2D eigenvalue weighted by Gasteiger charge is 2.21. The molecule has 0 bridgehead atoms. The molecule has 0 heterocycles. The van der Waals surface area contributed by atoms with Gasteiger partial charge in [0.15, 0.2) is 0 Å². The van der Waals surface area contributed by atoms with Crippen LogP contribution in [0, 0.1) is 9.39 Å². The fraction of sp³-hybridized carbons (Fsp3) is 0.462. The lowest BCUT2D eigenvalue weighted by Gasteiger charge is -2.26. The maximum atomic E-state index is 13.0. The summed E-state index contributed by atoms with van der Waals surface area (Å²) in [5.41, 5.74) is 6.36. The van der Waals surface area contributed by atoms with Crippen LogP contribution in [0.25, 0.3) is 0 Å². The summed E-state index contributed by atoms with van der Waals surface area (Å²) < 4.78 is 13.6. The van der Waals surface area contributed by atoms with Crippen molar-refractivity contribution in [1.82, 2.24) is 5.32 Å². The predicted octanol–water partition coefficient (Wildman–Crippen LogP) is 2.43. The molecule has 3 N–H and O–H groups in total. The number of benzene rings is 1. The molecule has 98 valence electrons. The second kappa shape index (κ2) is 5.97. The van der Waals surface area contributed by atoms with Crippen molar-refractivity contribution in [1.29, 1.82) is 0 Å². The van der Waals surface area contributed by atoms with Gasteiger partial charge in [-0.2, -0.15) is 0 Å². The maximum absolute atomic E-state index is 13.0. The minimum atomic E-state index is -0.320. The van der Waals surface area contributed by atoms with E-state index in [1.165, 1.54) is 18.2 Å². The summed E-state index contributed by atoms with van der Waals surface area (Å²) in [4.78, 5) is 12.1. The van der Waals surface area contributed by atoms with Crippen LogP contribution >= 0.6 is 22.6 Å². The van der Waals surface area contributed by atoms with Crippen molar-refractivity contribution < 1.29 is 9.18 Å². The Kier molecular flexibility index (Phi) is 4.55. The zero-order valence-electron chi connectivity index (χ0n) is 9.96. The van der Waals surface area contributed by atoms with Gasteiger partial charge in [-0.3, -0.25) is 4.79 Å². The molecule has 1 aromatic rings. The van der Waals surface area contributed by atoms with Crippen LogP contribution in [-0.4, -0.2) is 18.0 Å². The van der Waals surface area contributed by atoms with Crippen LogP contribution in [0.1, 0.15) is 36.0 Å². The monoisotopic (exact) mass is 362 g/mol. The molecular weight excluding hydrogens is 346 g/mol. The number of amides is 1. The number of hydrogen-bond acceptors (Lipinski definition) is 2. The van der Waals surface area contributed by atoms with Gasteiger partial charge < -0.3 is 11.1 Å². The summed E-state index contributed by atoms with van der Waals surface area (Å²) in [6.07, 6.45) is 3.74. The van der Waals surface area contributed by atoms with E-state index in [0.717, 1.165) is 25.7 Å². The van der Waals surface area contributed by atoms with E-state index in [0.29, 0.717) is 9.13 Å². The molecule has 18 heavy (non-hydrogen) atoms. The molecule has 0 spiro atoms. The largest absolute Gasteiger partial charge is 0.349 e. The van der Waals surface area contributed by atoms with E-state index < -0.39 is 0 Å². The first-order valence-corrected chi connectivity index (χ1v) is 7.15. The Morgan fingerprint density at radius 3 is 2.61 bits per heavy atom. The molecule has 0 aliphatic heterocycles. The molecule has 0 atom stereocenters. The molecule has 2 rings (SSSR count). The minimum Gasteiger partial charge on any atom is -0.349 e. The van der Waals surface area contributed by atoms with Crippen LogP contribution in [0.3, 0.4) is 0 Å². The van der Waals surface area contributed by atoms with E-state index in [2.05, 4.69) is 5.32 Å². The number of carbonyl (C=O) groups excluding carboxylic acids is 1. The molecule has 0 radical (unpaired) electrons. The Morgan fingerprint density at radius 2 is 2.00 bits per heavy atom. The Morgan fingerprint density at radius 1 is 1.33 bits per heavy atom. The molecular formula is C13H16FIN2O. The van der Waals surface area contributed by atoms with Crippen molar-refractivity contribution in [2.75, 3.05) is 0 Å². The van der Waals surface area contributed by atoms with Crippen LogP contribution < -0.4 is 11.1 Å². The van der Waals surface area contributed by atoms with Gasteiger partial charge in [0.2, 0.25) is 0 Å². The maximum Gasteiger partial charge on any atom is 0.252 e. The zero-order valence-corrected chi connectivity index (χ0v) is 12.1. The third-order valence-electron chi connectivity index (χ3n) is 3.28. The quantitative estimate of drug-likeness (QED) is 0.794. The molecule has 3 nitrogen and oxygen atoms in total. The summed E-state index contributed by atoms with van der Waals surface area (Å²) in [5.74, 6) is -0.445. The van der Waals surface area contributed by atoms with Gasteiger partial charge in [-0.15, -0.1) is 0 Å². The first-order chi connectivity index (χ1) is 8.56. The van der Waals surface area contributed by atoms with Crippen molar-refractivity contribution in [3.05, 3.63) is 33.1 Å². The van der Waals surface area contributed by atoms with E-state index >= 15 is 0 Å². The average Bonchev–Trinajstić information content (AvgIpc) is 2.32. The van der Waals surface area contributed by atoms with Crippen LogP contribution in [0.15, 0.2) is 18.2 Å². The topological polar surface area (TPSA) is 55.1 Å². The van der Waals surface area contributed by atoms with Gasteiger partial charge in [0.05, 0.1) is 5.56 Å². The van der Waals surface area contributed by atoms with Crippen LogP contribution in [-0.2, 0) is 0 Å². The van der Waals surface area contributed by atoms with Gasteiger partial charge in [0.1, 0.15) is 5.82 Å². The Labute approximate surface area is 119 Å². The molecule has 1 aliphatic carbocycles. The lowest BCUT2D eigenvalue weighted by atomic mass is 9.91. The second-order valence-electron chi connectivity index (χ2n) is 4.71. The fourth-order valence-electron chi connectivity index (χ4n) is 2.20. The Bertz CT molecular complexity index is 445. The van der Waals surface area contributed by atoms with Crippen molar-refractivity contribution in [3.63, 3.8) is 0 Å². The van der Waals surface area contributed by atoms with Crippen LogP contribution in [0.4, 0.5) is 4.39 Å². The fourth-order valence-corrected chi connectivity index (χ4v) is 2.92. The number of rotatable bonds is 2. The van der Waals surface area contributed by atoms with Gasteiger partial charge in [-0.05, 0) is 66.5 Å². The molecule has 1 saturated carbocycles. The zero-order chi connectivity index (χ0) is 13.1. The minimum absolute atomic E-state index is 0.125. The van der Waals surface area contributed by atoms with Gasteiger partial charge in [0.25, 0.3) is 5.91 Å². The summed E-state index contributed by atoms with van der Waals surface area (Å²) >= 11 is 1.98. The van der Waals surface area contributed by atoms with E-state index in [1.807, 2.05) is 22.6 Å². The summed E-state index contributed by atoms with van der Waals surface area (Å²) in [6, 6.07) is 4.67. The van der Waals surface area contributed by atoms with Crippen molar-refractivity contribution in [3.8, 4) is 0 Å². The highest BCUT2D eigenvalue weighted by molar-refractivity contribution is 14.1. The molecule has 0 aromatic heterocycles. The third-order valence-corrected chi connectivity index (χ3v) is 4.18. The lowest BCUT2D eigenvalue weighted by molar-refractivity contribution is 0.0925. The number of nitrogens with one attached hydrogen (secondary N) is 1. The van der Waals surface area contributed by atoms with E-state index in [9.17, 15) is 9.18 Å². The third kappa shape index (κ3) is 3.41. The SMILES string of the molecule is NC1CCC(NC(=O)c2ccc(F)cc2I)CC1. The predicted molar refractivity (Wildman–Crippen MR) is 76.8 cm³/mol. The van der Waals surface area contributed by atoms with E-state index in [1.54, 1.807) is 0 Å². The van der Waals surface area contributed by atoms with Crippen molar-refractivity contribution in [2.45, 2.75) is 37.8 Å². The van der Waals surface area contributed by atoms with Crippen LogP contribution in [0.5, 0.6) is 0 Å². The number of halogens is 2. The second-order valence-corrected chi connectivity index (χ2v) is 5.87. The number of hydrogen-bond donors (Lipinski definition) is 2. The van der Waals surface area contributed by atoms with Crippen molar-refractivity contribution >= 4 is 28.5 Å². The molecule has 1 fully saturated rings. The highest BCUT2D eigenvalue weighted by atomic mass is 127. The van der Waals surface area contributed by atoms with Gasteiger partial charge in [0, 0.05) is 15.7 Å². The molecule has 1 aromatic carbocycles. The molecule has 0 saturated heterocycles. The smallest absolute Gasteiger partial charge is 0.252 e. The Hall–Kier alpha value is -0.690. The molecule has 1 amide bonds. The number of nitrogens with two attached hydrogens (primary N) is 1. The standard InChI is InChI=1S/C13H16FIN2O/c14-8-1-6-11(12(15)7-8)13(18)17-10-4-2-9(16)3-5-10/h1,6-7,9-10H,2-5,16H2,(H,17,18). The van der Waals surface area contributed by atoms with Crippen molar-refractivity contribution in [2.24, 2.45) is 5.73 Å². The normalized spacial score (nSPS) is 23.7. The molecule has 5 heteroatoms. The lowest BCUT2D eigenvalue weighted by Crippen LogP contribution is -2.40. The highest BCUT2D eigenvalue weighted by Crippen LogP contribution is 2.19. The summed E-state index contributed by atoms with van der Waals surface area (Å²) in [5, 5.41) is 2.99. The van der Waals surface area contributed by atoms with Crippen LogP contribution in [0.2, 0.25) is 0 Å². The summed E-state index contributed by atoms with van der Waals surface area (Å²) in [7, 11) is 0. The van der Waals surface area contributed by atoms with E-state index in [-0.39, 0.29) is 23.8 Å². The first-order valence-electron chi connectivity index (χ1n) is 6.08. The average molecular weight is 362 g/mol. The number of carbonyl (C=O) groups is 1.